The molecule has 5 heteroatoms. The summed E-state index contributed by atoms with van der Waals surface area (Å²) < 4.78 is 17.3. The summed E-state index contributed by atoms with van der Waals surface area (Å²) in [6.07, 6.45) is 0. The smallest absolute Gasteiger partial charge is 0.321 e. The SMILES string of the molecule is COCNC(=O)Nc1cccc(F)c1. The molecule has 0 aliphatic heterocycles. The summed E-state index contributed by atoms with van der Waals surface area (Å²) in [4.78, 5) is 11.1. The van der Waals surface area contributed by atoms with Crippen molar-refractivity contribution in [3.63, 3.8) is 0 Å². The van der Waals surface area contributed by atoms with Crippen LogP contribution < -0.4 is 10.6 Å². The maximum Gasteiger partial charge on any atom is 0.321 e. The molecule has 2 amide bonds. The number of carbonyl (C=O) groups excluding carboxylic acids is 1. The Labute approximate surface area is 81.1 Å². The molecule has 0 bridgehead atoms. The number of amides is 2. The van der Waals surface area contributed by atoms with Gasteiger partial charge in [-0.3, -0.25) is 0 Å². The number of hydrogen-bond donors (Lipinski definition) is 2. The predicted molar refractivity (Wildman–Crippen MR) is 50.4 cm³/mol. The number of benzene rings is 1. The minimum absolute atomic E-state index is 0.112. The van der Waals surface area contributed by atoms with E-state index >= 15 is 0 Å². The lowest BCUT2D eigenvalue weighted by Crippen LogP contribution is -2.30. The van der Waals surface area contributed by atoms with Gasteiger partial charge in [0.2, 0.25) is 0 Å². The van der Waals surface area contributed by atoms with Crippen molar-refractivity contribution in [1.29, 1.82) is 0 Å². The van der Waals surface area contributed by atoms with Gasteiger partial charge >= 0.3 is 6.03 Å². The second kappa shape index (κ2) is 5.18. The number of anilines is 1. The highest BCUT2D eigenvalue weighted by molar-refractivity contribution is 5.89. The van der Waals surface area contributed by atoms with Gasteiger partial charge in [0.25, 0.3) is 0 Å². The summed E-state index contributed by atoms with van der Waals surface area (Å²) in [5.41, 5.74) is 0.401. The second-order valence-electron chi connectivity index (χ2n) is 2.57. The Hall–Kier alpha value is -1.62. The molecule has 0 fully saturated rings. The number of carbonyl (C=O) groups is 1. The first-order chi connectivity index (χ1) is 6.72. The van der Waals surface area contributed by atoms with Crippen molar-refractivity contribution in [3.05, 3.63) is 30.1 Å². The van der Waals surface area contributed by atoms with E-state index in [1.54, 1.807) is 6.07 Å². The summed E-state index contributed by atoms with van der Waals surface area (Å²) in [6.45, 7) is 0.112. The maximum atomic E-state index is 12.7. The molecule has 2 N–H and O–H groups in total. The van der Waals surface area contributed by atoms with Gasteiger partial charge in [-0.05, 0) is 18.2 Å². The lowest BCUT2D eigenvalue weighted by molar-refractivity contribution is 0.177. The zero-order valence-corrected chi connectivity index (χ0v) is 7.71. The molecule has 0 spiro atoms. The molecular weight excluding hydrogens is 187 g/mol. The Morgan fingerprint density at radius 2 is 2.36 bits per heavy atom. The zero-order valence-electron chi connectivity index (χ0n) is 7.71. The first kappa shape index (κ1) is 10.5. The molecule has 4 nitrogen and oxygen atoms in total. The van der Waals surface area contributed by atoms with Crippen LogP contribution in [0.4, 0.5) is 14.9 Å². The van der Waals surface area contributed by atoms with Crippen molar-refractivity contribution < 1.29 is 13.9 Å². The Bertz CT molecular complexity index is 317. The average Bonchev–Trinajstić information content (AvgIpc) is 2.15. The molecule has 0 atom stereocenters. The number of halogens is 1. The first-order valence-corrected chi connectivity index (χ1v) is 4.01. The van der Waals surface area contributed by atoms with Gasteiger partial charge < -0.3 is 15.4 Å². The van der Waals surface area contributed by atoms with Crippen LogP contribution in [0.15, 0.2) is 24.3 Å². The molecule has 0 aliphatic rings. The number of nitrogens with one attached hydrogen (secondary N) is 2. The van der Waals surface area contributed by atoms with E-state index in [-0.39, 0.29) is 6.73 Å². The lowest BCUT2D eigenvalue weighted by Gasteiger charge is -2.06. The van der Waals surface area contributed by atoms with E-state index in [1.807, 2.05) is 0 Å². The molecule has 0 saturated carbocycles. The molecule has 0 unspecified atom stereocenters. The van der Waals surface area contributed by atoms with Crippen molar-refractivity contribution in [2.24, 2.45) is 0 Å². The largest absolute Gasteiger partial charge is 0.364 e. The van der Waals surface area contributed by atoms with Crippen molar-refractivity contribution in [3.8, 4) is 0 Å². The van der Waals surface area contributed by atoms with E-state index in [4.69, 9.17) is 0 Å². The van der Waals surface area contributed by atoms with Gasteiger partial charge in [0.1, 0.15) is 12.5 Å². The van der Waals surface area contributed by atoms with Crippen molar-refractivity contribution in [2.75, 3.05) is 19.2 Å². The molecule has 1 aromatic rings. The Kier molecular flexibility index (Phi) is 3.87. The van der Waals surface area contributed by atoms with Crippen LogP contribution in [-0.2, 0) is 4.74 Å². The quantitative estimate of drug-likeness (QED) is 0.724. The summed E-state index contributed by atoms with van der Waals surface area (Å²) in [5, 5.41) is 4.85. The number of ether oxygens (including phenoxy) is 1. The van der Waals surface area contributed by atoms with Gasteiger partial charge in [0.15, 0.2) is 0 Å². The summed E-state index contributed by atoms with van der Waals surface area (Å²) in [6, 6.07) is 5.21. The lowest BCUT2D eigenvalue weighted by atomic mass is 10.3. The van der Waals surface area contributed by atoms with Gasteiger partial charge in [-0.2, -0.15) is 0 Å². The van der Waals surface area contributed by atoms with Gasteiger partial charge in [-0.25, -0.2) is 9.18 Å². The minimum Gasteiger partial charge on any atom is -0.364 e. The predicted octanol–water partition coefficient (Wildman–Crippen LogP) is 1.55. The van der Waals surface area contributed by atoms with Crippen LogP contribution >= 0.6 is 0 Å². The fourth-order valence-corrected chi connectivity index (χ4v) is 0.879. The van der Waals surface area contributed by atoms with Gasteiger partial charge in [-0.15, -0.1) is 0 Å². The fourth-order valence-electron chi connectivity index (χ4n) is 0.879. The van der Waals surface area contributed by atoms with Crippen LogP contribution in [0.2, 0.25) is 0 Å². The molecule has 0 aliphatic carbocycles. The zero-order chi connectivity index (χ0) is 10.4. The summed E-state index contributed by atoms with van der Waals surface area (Å²) in [5.74, 6) is -0.394. The van der Waals surface area contributed by atoms with Crippen molar-refractivity contribution >= 4 is 11.7 Å². The van der Waals surface area contributed by atoms with Gasteiger partial charge in [-0.1, -0.05) is 6.07 Å². The van der Waals surface area contributed by atoms with Crippen LogP contribution in [0.5, 0.6) is 0 Å². The molecule has 1 aromatic carbocycles. The summed E-state index contributed by atoms with van der Waals surface area (Å²) in [7, 11) is 1.46. The normalized spacial score (nSPS) is 9.57. The molecular formula is C9H11FN2O2. The number of hydrogen-bond acceptors (Lipinski definition) is 2. The van der Waals surface area contributed by atoms with Gasteiger partial charge in [0.05, 0.1) is 0 Å². The monoisotopic (exact) mass is 198 g/mol. The van der Waals surface area contributed by atoms with E-state index in [2.05, 4.69) is 15.4 Å². The fraction of sp³-hybridized carbons (Fsp3) is 0.222. The maximum absolute atomic E-state index is 12.7. The van der Waals surface area contributed by atoms with E-state index in [1.165, 1.54) is 25.3 Å². The second-order valence-corrected chi connectivity index (χ2v) is 2.57. The Morgan fingerprint density at radius 3 is 3.00 bits per heavy atom. The standard InChI is InChI=1S/C9H11FN2O2/c1-14-6-11-9(13)12-8-4-2-3-7(10)5-8/h2-5H,6H2,1H3,(H2,11,12,13). The van der Waals surface area contributed by atoms with Gasteiger partial charge in [0, 0.05) is 12.8 Å². The minimum atomic E-state index is -0.433. The molecule has 76 valence electrons. The molecule has 0 heterocycles. The van der Waals surface area contributed by atoms with E-state index in [9.17, 15) is 9.18 Å². The van der Waals surface area contributed by atoms with Crippen LogP contribution in [0.25, 0.3) is 0 Å². The van der Waals surface area contributed by atoms with Crippen molar-refractivity contribution in [2.45, 2.75) is 0 Å². The van der Waals surface area contributed by atoms with Crippen LogP contribution in [0.3, 0.4) is 0 Å². The first-order valence-electron chi connectivity index (χ1n) is 4.01. The van der Waals surface area contributed by atoms with Crippen LogP contribution in [-0.4, -0.2) is 19.9 Å². The van der Waals surface area contributed by atoms with Crippen LogP contribution in [0.1, 0.15) is 0 Å². The number of urea groups is 1. The summed E-state index contributed by atoms with van der Waals surface area (Å²) >= 11 is 0. The highest BCUT2D eigenvalue weighted by atomic mass is 19.1. The Morgan fingerprint density at radius 1 is 1.57 bits per heavy atom. The highest BCUT2D eigenvalue weighted by Crippen LogP contribution is 2.08. The third-order valence-corrected chi connectivity index (χ3v) is 1.46. The molecule has 0 aromatic heterocycles. The number of rotatable bonds is 3. The topological polar surface area (TPSA) is 50.4 Å². The molecule has 0 saturated heterocycles. The molecule has 14 heavy (non-hydrogen) atoms. The van der Waals surface area contributed by atoms with E-state index < -0.39 is 11.8 Å². The third kappa shape index (κ3) is 3.40. The highest BCUT2D eigenvalue weighted by Gasteiger charge is 2.00. The molecule has 1 rings (SSSR count). The van der Waals surface area contributed by atoms with E-state index in [0.29, 0.717) is 5.69 Å². The average molecular weight is 198 g/mol. The number of methoxy groups -OCH3 is 1. The van der Waals surface area contributed by atoms with Crippen molar-refractivity contribution in [1.82, 2.24) is 5.32 Å². The van der Waals surface area contributed by atoms with Crippen LogP contribution in [0, 0.1) is 5.82 Å². The third-order valence-electron chi connectivity index (χ3n) is 1.46. The molecule has 0 radical (unpaired) electrons. The Balaban J connectivity index is 2.47. The van der Waals surface area contributed by atoms with E-state index in [0.717, 1.165) is 0 Å².